The van der Waals surface area contributed by atoms with E-state index in [0.717, 1.165) is 18.1 Å². The third-order valence-electron chi connectivity index (χ3n) is 4.13. The molecule has 0 aliphatic heterocycles. The highest BCUT2D eigenvalue weighted by Crippen LogP contribution is 2.17. The lowest BCUT2D eigenvalue weighted by Gasteiger charge is -2.18. The Labute approximate surface area is 158 Å². The summed E-state index contributed by atoms with van der Waals surface area (Å²) in [7, 11) is 1.80. The fourth-order valence-electron chi connectivity index (χ4n) is 2.87. The van der Waals surface area contributed by atoms with Gasteiger partial charge in [0.2, 0.25) is 0 Å². The molecule has 1 atom stereocenters. The molecule has 3 rings (SSSR count). The number of aromatic nitrogens is 2. The molecule has 0 saturated carbocycles. The van der Waals surface area contributed by atoms with Crippen molar-refractivity contribution in [3.05, 3.63) is 70.4 Å². The molecule has 0 aliphatic carbocycles. The number of thiophene rings is 1. The maximum absolute atomic E-state index is 4.36. The largest absolute Gasteiger partial charge is 0.354 e. The standard InChI is InChI=1S/C20H25N5S/c1-15(12-18-9-8-16(2)26-18)24-20(21-3)23-13-17-6-4-5-7-19(17)25-11-10-22-14-25/h4-11,14-15H,12-13H2,1-3H3,(H2,21,23,24). The van der Waals surface area contributed by atoms with Gasteiger partial charge in [-0.15, -0.1) is 11.3 Å². The number of nitrogens with one attached hydrogen (secondary N) is 2. The van der Waals surface area contributed by atoms with E-state index in [0.29, 0.717) is 12.6 Å². The second-order valence-corrected chi connectivity index (χ2v) is 7.66. The van der Waals surface area contributed by atoms with Crippen molar-refractivity contribution >= 4 is 17.3 Å². The molecule has 1 unspecified atom stereocenters. The monoisotopic (exact) mass is 367 g/mol. The van der Waals surface area contributed by atoms with Gasteiger partial charge in [-0.1, -0.05) is 18.2 Å². The smallest absolute Gasteiger partial charge is 0.191 e. The molecular formula is C20H25N5S. The lowest BCUT2D eigenvalue weighted by molar-refractivity contribution is 0.644. The predicted octanol–water partition coefficient (Wildman–Crippen LogP) is 3.54. The first-order chi connectivity index (χ1) is 12.7. The summed E-state index contributed by atoms with van der Waals surface area (Å²) in [4.78, 5) is 11.2. The van der Waals surface area contributed by atoms with Gasteiger partial charge in [0.25, 0.3) is 0 Å². The maximum atomic E-state index is 4.36. The molecule has 0 aliphatic rings. The molecule has 0 fully saturated rings. The lowest BCUT2D eigenvalue weighted by atomic mass is 10.1. The highest BCUT2D eigenvalue weighted by Gasteiger charge is 2.09. The average molecular weight is 368 g/mol. The Kier molecular flexibility index (Phi) is 6.07. The van der Waals surface area contributed by atoms with Gasteiger partial charge in [0.1, 0.15) is 0 Å². The second kappa shape index (κ2) is 8.67. The first kappa shape index (κ1) is 18.2. The molecule has 6 heteroatoms. The quantitative estimate of drug-likeness (QED) is 0.518. The van der Waals surface area contributed by atoms with Crippen LogP contribution >= 0.6 is 11.3 Å². The number of para-hydroxylation sites is 1. The van der Waals surface area contributed by atoms with Crippen LogP contribution in [0.3, 0.4) is 0 Å². The lowest BCUT2D eigenvalue weighted by Crippen LogP contribution is -2.42. The molecule has 0 bridgehead atoms. The van der Waals surface area contributed by atoms with E-state index < -0.39 is 0 Å². The van der Waals surface area contributed by atoms with Gasteiger partial charge in [-0.3, -0.25) is 4.99 Å². The van der Waals surface area contributed by atoms with Crippen molar-refractivity contribution in [3.63, 3.8) is 0 Å². The number of hydrogen-bond acceptors (Lipinski definition) is 3. The zero-order valence-corrected chi connectivity index (χ0v) is 16.3. The van der Waals surface area contributed by atoms with Gasteiger partial charge in [0.15, 0.2) is 5.96 Å². The molecule has 136 valence electrons. The molecule has 2 aromatic heterocycles. The van der Waals surface area contributed by atoms with E-state index in [1.807, 2.05) is 34.5 Å². The number of aliphatic imine (C=N–C) groups is 1. The number of benzene rings is 1. The predicted molar refractivity (Wildman–Crippen MR) is 109 cm³/mol. The van der Waals surface area contributed by atoms with E-state index in [1.165, 1.54) is 15.3 Å². The van der Waals surface area contributed by atoms with E-state index in [9.17, 15) is 0 Å². The molecule has 0 saturated heterocycles. The number of guanidine groups is 1. The fraction of sp³-hybridized carbons (Fsp3) is 0.300. The van der Waals surface area contributed by atoms with Crippen molar-refractivity contribution in [1.82, 2.24) is 20.2 Å². The van der Waals surface area contributed by atoms with Gasteiger partial charge in [-0.2, -0.15) is 0 Å². The second-order valence-electron chi connectivity index (χ2n) is 6.29. The van der Waals surface area contributed by atoms with E-state index in [-0.39, 0.29) is 0 Å². The fourth-order valence-corrected chi connectivity index (χ4v) is 3.89. The van der Waals surface area contributed by atoms with Gasteiger partial charge in [0.05, 0.1) is 12.0 Å². The minimum Gasteiger partial charge on any atom is -0.354 e. The molecular weight excluding hydrogens is 342 g/mol. The van der Waals surface area contributed by atoms with Crippen LogP contribution in [0.1, 0.15) is 22.2 Å². The first-order valence-electron chi connectivity index (χ1n) is 8.74. The van der Waals surface area contributed by atoms with Crippen molar-refractivity contribution in [2.75, 3.05) is 7.05 Å². The number of hydrogen-bond donors (Lipinski definition) is 2. The normalized spacial score (nSPS) is 12.8. The molecule has 0 amide bonds. The molecule has 26 heavy (non-hydrogen) atoms. The Morgan fingerprint density at radius 3 is 2.81 bits per heavy atom. The minimum atomic E-state index is 0.308. The van der Waals surface area contributed by atoms with Crippen molar-refractivity contribution < 1.29 is 0 Å². The molecule has 0 radical (unpaired) electrons. The SMILES string of the molecule is CN=C(NCc1ccccc1-n1ccnc1)NC(C)Cc1ccc(C)s1. The Morgan fingerprint density at radius 1 is 1.27 bits per heavy atom. The highest BCUT2D eigenvalue weighted by atomic mass is 32.1. The number of aryl methyl sites for hydroxylation is 1. The Morgan fingerprint density at radius 2 is 2.12 bits per heavy atom. The summed E-state index contributed by atoms with van der Waals surface area (Å²) in [5, 5.41) is 6.89. The van der Waals surface area contributed by atoms with Crippen LogP contribution in [-0.4, -0.2) is 28.6 Å². The Bertz CT molecular complexity index is 851. The maximum Gasteiger partial charge on any atom is 0.191 e. The minimum absolute atomic E-state index is 0.308. The van der Waals surface area contributed by atoms with Crippen LogP contribution in [0.15, 0.2) is 60.1 Å². The highest BCUT2D eigenvalue weighted by molar-refractivity contribution is 7.11. The van der Waals surface area contributed by atoms with Gasteiger partial charge in [0, 0.05) is 48.2 Å². The van der Waals surface area contributed by atoms with Crippen LogP contribution < -0.4 is 10.6 Å². The van der Waals surface area contributed by atoms with Crippen LogP contribution in [0, 0.1) is 6.92 Å². The average Bonchev–Trinajstić information content (AvgIpc) is 3.31. The summed E-state index contributed by atoms with van der Waals surface area (Å²) >= 11 is 1.85. The van der Waals surface area contributed by atoms with Crippen LogP contribution in [-0.2, 0) is 13.0 Å². The van der Waals surface area contributed by atoms with Crippen LogP contribution in [0.4, 0.5) is 0 Å². The van der Waals surface area contributed by atoms with Gasteiger partial charge >= 0.3 is 0 Å². The van der Waals surface area contributed by atoms with E-state index >= 15 is 0 Å². The zero-order valence-electron chi connectivity index (χ0n) is 15.4. The number of imidazole rings is 1. The molecule has 3 aromatic rings. The third kappa shape index (κ3) is 4.73. The summed E-state index contributed by atoms with van der Waals surface area (Å²) in [5.41, 5.74) is 2.31. The molecule has 0 spiro atoms. The van der Waals surface area contributed by atoms with Crippen LogP contribution in [0.2, 0.25) is 0 Å². The molecule has 1 aromatic carbocycles. The topological polar surface area (TPSA) is 54.2 Å². The first-order valence-corrected chi connectivity index (χ1v) is 9.56. The van der Waals surface area contributed by atoms with Gasteiger partial charge in [-0.25, -0.2) is 4.98 Å². The molecule has 5 nitrogen and oxygen atoms in total. The van der Waals surface area contributed by atoms with Gasteiger partial charge in [-0.05, 0) is 37.6 Å². The zero-order chi connectivity index (χ0) is 18.4. The summed E-state index contributed by atoms with van der Waals surface area (Å²) in [5.74, 6) is 0.811. The summed E-state index contributed by atoms with van der Waals surface area (Å²) in [6.07, 6.45) is 6.55. The summed E-state index contributed by atoms with van der Waals surface area (Å²) in [6, 6.07) is 13.0. The van der Waals surface area contributed by atoms with E-state index in [4.69, 9.17) is 0 Å². The summed E-state index contributed by atoms with van der Waals surface area (Å²) in [6.45, 7) is 5.02. The van der Waals surface area contributed by atoms with Crippen molar-refractivity contribution in [3.8, 4) is 5.69 Å². The van der Waals surface area contributed by atoms with Crippen LogP contribution in [0.25, 0.3) is 5.69 Å². The number of nitrogens with zero attached hydrogens (tertiary/aromatic N) is 3. The van der Waals surface area contributed by atoms with Crippen molar-refractivity contribution in [1.29, 1.82) is 0 Å². The van der Waals surface area contributed by atoms with E-state index in [1.54, 1.807) is 13.2 Å². The third-order valence-corrected chi connectivity index (χ3v) is 5.15. The summed E-state index contributed by atoms with van der Waals surface area (Å²) < 4.78 is 2.02. The Hall–Kier alpha value is -2.60. The van der Waals surface area contributed by atoms with Crippen molar-refractivity contribution in [2.24, 2.45) is 4.99 Å². The Balaban J connectivity index is 1.59. The van der Waals surface area contributed by atoms with Gasteiger partial charge < -0.3 is 15.2 Å². The van der Waals surface area contributed by atoms with Crippen LogP contribution in [0.5, 0.6) is 0 Å². The molecule has 2 heterocycles. The number of rotatable bonds is 6. The molecule has 2 N–H and O–H groups in total. The van der Waals surface area contributed by atoms with Crippen molar-refractivity contribution in [2.45, 2.75) is 32.9 Å². The van der Waals surface area contributed by atoms with E-state index in [2.05, 4.69) is 64.8 Å².